The van der Waals surface area contributed by atoms with Gasteiger partial charge in [-0.05, 0) is 125 Å². The molecule has 96 heavy (non-hydrogen) atoms. The molecule has 0 fully saturated rings. The molecular weight excluding hydrogens is 1530 g/mol. The first kappa shape index (κ1) is 63.5. The van der Waals surface area contributed by atoms with Gasteiger partial charge in [0, 0.05) is 35.9 Å². The van der Waals surface area contributed by atoms with E-state index in [0.29, 0.717) is 0 Å². The van der Waals surface area contributed by atoms with Crippen LogP contribution < -0.4 is 9.80 Å². The standard InChI is InChI=1S/C46H31N3.C42H27N3.2Pt/c1-4-14-34(15-5-1)37-26-28-47-44(32-37)39-20-12-22-41(30-39)49(46-25-11-10-24-43(46)36-18-8-3-9-19-36)42-23-13-21-40(31-42)45-33-38(27-29-48-45)35-16-6-2-7-17-35;1-2-12-30(13-3-1)39-22-8-9-23-42(39)45(37-20-10-18-33(24-37)40-26-31-14-4-6-16-35(31)28-43-40)38-21-11-19-34(25-38)41-27-32-15-5-7-17-36(32)29-44-41;;/h1-29,32-33H;1-23,26-29H;;/q2*-2;2*+2. The summed E-state index contributed by atoms with van der Waals surface area (Å²) in [5, 5.41) is 4.53. The Morgan fingerprint density at radius 2 is 0.510 bits per heavy atom. The van der Waals surface area contributed by atoms with E-state index in [0.717, 1.165) is 145 Å². The summed E-state index contributed by atoms with van der Waals surface area (Å²) in [7, 11) is 0. The van der Waals surface area contributed by atoms with Crippen LogP contribution in [0.2, 0.25) is 0 Å². The first-order valence-corrected chi connectivity index (χ1v) is 31.3. The summed E-state index contributed by atoms with van der Waals surface area (Å²) >= 11 is 0. The molecule has 0 amide bonds. The van der Waals surface area contributed by atoms with Crippen LogP contribution in [0.4, 0.5) is 34.1 Å². The fourth-order valence-corrected chi connectivity index (χ4v) is 12.0. The minimum atomic E-state index is 0. The zero-order valence-electron chi connectivity index (χ0n) is 51.8. The molecule has 0 N–H and O–H groups in total. The molecule has 0 bridgehead atoms. The normalized spacial score (nSPS) is 10.8. The van der Waals surface area contributed by atoms with Crippen molar-refractivity contribution in [3.63, 3.8) is 0 Å². The second-order valence-electron chi connectivity index (χ2n) is 22.7. The number of rotatable bonds is 14. The van der Waals surface area contributed by atoms with E-state index in [1.807, 2.05) is 73.3 Å². The molecule has 0 atom stereocenters. The molecule has 4 heterocycles. The van der Waals surface area contributed by atoms with Crippen LogP contribution in [0.5, 0.6) is 0 Å². The summed E-state index contributed by atoms with van der Waals surface area (Å²) < 4.78 is 0. The third kappa shape index (κ3) is 14.0. The minimum Gasteiger partial charge on any atom is -0.346 e. The van der Waals surface area contributed by atoms with Crippen molar-refractivity contribution in [3.05, 3.63) is 377 Å². The van der Waals surface area contributed by atoms with E-state index in [9.17, 15) is 0 Å². The largest absolute Gasteiger partial charge is 2.00 e. The molecule has 16 aromatic rings. The van der Waals surface area contributed by atoms with Crippen LogP contribution in [-0.4, -0.2) is 19.9 Å². The smallest absolute Gasteiger partial charge is 0.346 e. The van der Waals surface area contributed by atoms with Crippen LogP contribution in [0.25, 0.3) is 111 Å². The van der Waals surface area contributed by atoms with Gasteiger partial charge in [0.15, 0.2) is 0 Å². The van der Waals surface area contributed by atoms with Gasteiger partial charge in [0.25, 0.3) is 0 Å². The van der Waals surface area contributed by atoms with Gasteiger partial charge in [-0.25, -0.2) is 0 Å². The monoisotopic (exact) mass is 1590 g/mol. The van der Waals surface area contributed by atoms with E-state index in [1.165, 1.54) is 0 Å². The van der Waals surface area contributed by atoms with Crippen molar-refractivity contribution in [3.8, 4) is 89.5 Å². The molecule has 0 saturated carbocycles. The maximum atomic E-state index is 4.80. The molecule has 460 valence electrons. The maximum Gasteiger partial charge on any atom is 2.00 e. The van der Waals surface area contributed by atoms with Crippen molar-refractivity contribution in [2.45, 2.75) is 0 Å². The second-order valence-corrected chi connectivity index (χ2v) is 22.7. The van der Waals surface area contributed by atoms with Gasteiger partial charge < -0.3 is 29.7 Å². The number of pyridine rings is 4. The third-order valence-corrected chi connectivity index (χ3v) is 16.6. The van der Waals surface area contributed by atoms with Crippen molar-refractivity contribution in [1.29, 1.82) is 0 Å². The second kappa shape index (κ2) is 29.8. The molecule has 12 aromatic carbocycles. The van der Waals surface area contributed by atoms with Gasteiger partial charge in [0.05, 0.1) is 11.4 Å². The zero-order valence-corrected chi connectivity index (χ0v) is 56.3. The Hall–Kier alpha value is -11.3. The molecule has 0 unspecified atom stereocenters. The Morgan fingerprint density at radius 1 is 0.219 bits per heavy atom. The summed E-state index contributed by atoms with van der Waals surface area (Å²) in [6, 6.07) is 128. The first-order chi connectivity index (χ1) is 46.6. The van der Waals surface area contributed by atoms with Gasteiger partial charge >= 0.3 is 42.1 Å². The molecule has 0 aliphatic rings. The summed E-state index contributed by atoms with van der Waals surface area (Å²) in [5.41, 5.74) is 21.8. The predicted molar refractivity (Wildman–Crippen MR) is 387 cm³/mol. The summed E-state index contributed by atoms with van der Waals surface area (Å²) in [6.07, 6.45) is 7.60. The van der Waals surface area contributed by atoms with E-state index in [2.05, 4.69) is 313 Å². The van der Waals surface area contributed by atoms with Crippen molar-refractivity contribution < 1.29 is 42.1 Å². The number of anilines is 6. The van der Waals surface area contributed by atoms with Crippen LogP contribution in [0.1, 0.15) is 0 Å². The molecular formula is C88H58N6Pt2. The number of nitrogens with zero attached hydrogens (tertiary/aromatic N) is 6. The quantitative estimate of drug-likeness (QED) is 0.101. The maximum absolute atomic E-state index is 4.80. The Morgan fingerprint density at radius 3 is 0.865 bits per heavy atom. The van der Waals surface area contributed by atoms with Crippen molar-refractivity contribution in [1.82, 2.24) is 19.9 Å². The Bertz CT molecular complexity index is 5050. The van der Waals surface area contributed by atoms with E-state index in [1.54, 1.807) is 0 Å². The van der Waals surface area contributed by atoms with Crippen molar-refractivity contribution in [2.75, 3.05) is 9.80 Å². The fourth-order valence-electron chi connectivity index (χ4n) is 12.0. The Balaban J connectivity index is 0.000000171. The number of aromatic nitrogens is 4. The number of hydrogen-bond acceptors (Lipinski definition) is 6. The van der Waals surface area contributed by atoms with E-state index < -0.39 is 0 Å². The van der Waals surface area contributed by atoms with Crippen molar-refractivity contribution in [2.24, 2.45) is 0 Å². The molecule has 0 aliphatic carbocycles. The van der Waals surface area contributed by atoms with Gasteiger partial charge in [0.2, 0.25) is 0 Å². The average Bonchev–Trinajstić information content (AvgIpc) is 0.798. The molecule has 6 nitrogen and oxygen atoms in total. The zero-order chi connectivity index (χ0) is 62.8. The number of para-hydroxylation sites is 2. The van der Waals surface area contributed by atoms with E-state index in [4.69, 9.17) is 19.9 Å². The van der Waals surface area contributed by atoms with Gasteiger partial charge in [-0.15, -0.1) is 119 Å². The van der Waals surface area contributed by atoms with Crippen LogP contribution in [0.15, 0.2) is 352 Å². The van der Waals surface area contributed by atoms with E-state index >= 15 is 0 Å². The summed E-state index contributed by atoms with van der Waals surface area (Å²) in [4.78, 5) is 23.6. The molecule has 8 heteroatoms. The molecule has 0 saturated heterocycles. The average molecular weight is 1590 g/mol. The first-order valence-electron chi connectivity index (χ1n) is 31.3. The van der Waals surface area contributed by atoms with Crippen molar-refractivity contribution >= 4 is 55.7 Å². The molecule has 0 spiro atoms. The molecule has 4 aromatic heterocycles. The SMILES string of the molecule is [Pt+2].[Pt+2].[c-]1c(-c2cc(-c3ccccc3)ccn2)cccc1N(c1[c-]c(-c2cc(-c3ccccc3)ccn2)ccc1)c1ccccc1-c1ccccc1.[c-]1c(-c2cc3ccccc3cn2)cccc1N(c1[c-]c(-c2cc3ccccc3cn2)ccc1)c1ccccc1-c1ccccc1. The molecule has 0 aliphatic heterocycles. The molecule has 16 rings (SSSR count). The predicted octanol–water partition coefficient (Wildman–Crippen LogP) is 22.7. The topological polar surface area (TPSA) is 58.0 Å². The van der Waals surface area contributed by atoms with Gasteiger partial charge in [0.1, 0.15) is 0 Å². The Labute approximate surface area is 589 Å². The molecule has 0 radical (unpaired) electrons. The van der Waals surface area contributed by atoms with Gasteiger partial charge in [-0.2, -0.15) is 0 Å². The fraction of sp³-hybridized carbons (Fsp3) is 0. The van der Waals surface area contributed by atoms with Crippen LogP contribution in [0.3, 0.4) is 0 Å². The Kier molecular flexibility index (Phi) is 19.7. The van der Waals surface area contributed by atoms with Crippen LogP contribution >= 0.6 is 0 Å². The number of benzene rings is 12. The summed E-state index contributed by atoms with van der Waals surface area (Å²) in [5.74, 6) is 0. The van der Waals surface area contributed by atoms with Crippen LogP contribution in [0, 0.1) is 24.3 Å². The van der Waals surface area contributed by atoms with Gasteiger partial charge in [-0.1, -0.05) is 231 Å². The third-order valence-electron chi connectivity index (χ3n) is 16.6. The number of fused-ring (bicyclic) bond motifs is 2. The minimum absolute atomic E-state index is 0. The van der Waals surface area contributed by atoms with E-state index in [-0.39, 0.29) is 42.1 Å². The number of hydrogen-bond donors (Lipinski definition) is 0. The van der Waals surface area contributed by atoms with Gasteiger partial charge in [-0.3, -0.25) is 0 Å². The van der Waals surface area contributed by atoms with Crippen LogP contribution in [-0.2, 0) is 42.1 Å². The summed E-state index contributed by atoms with van der Waals surface area (Å²) in [6.45, 7) is 0.